The normalized spacial score (nSPS) is 15.8. The Morgan fingerprint density at radius 1 is 1.22 bits per heavy atom. The first kappa shape index (κ1) is 21.9. The minimum atomic E-state index is -0.404. The van der Waals surface area contributed by atoms with Gasteiger partial charge in [0.2, 0.25) is 11.8 Å². The summed E-state index contributed by atoms with van der Waals surface area (Å²) in [5.74, 6) is 0.345. The van der Waals surface area contributed by atoms with Crippen LogP contribution in [0.1, 0.15) is 29.4 Å². The Kier molecular flexibility index (Phi) is 6.45. The van der Waals surface area contributed by atoms with Gasteiger partial charge in [0.25, 0.3) is 5.91 Å². The molecule has 1 fully saturated rings. The van der Waals surface area contributed by atoms with E-state index in [1.54, 1.807) is 16.7 Å². The van der Waals surface area contributed by atoms with Crippen molar-refractivity contribution in [2.75, 3.05) is 29.6 Å². The highest BCUT2D eigenvalue weighted by molar-refractivity contribution is 7.98. The Morgan fingerprint density at radius 2 is 2.00 bits per heavy atom. The Hall–Kier alpha value is -3.33. The number of carbonyl (C=O) groups excluding carboxylic acids is 2. The highest BCUT2D eigenvalue weighted by Gasteiger charge is 2.35. The second kappa shape index (κ2) is 9.44. The highest BCUT2D eigenvalue weighted by Crippen LogP contribution is 2.32. The van der Waals surface area contributed by atoms with Gasteiger partial charge in [-0.2, -0.15) is 0 Å². The fourth-order valence-electron chi connectivity index (χ4n) is 3.51. The van der Waals surface area contributed by atoms with Gasteiger partial charge in [-0.3, -0.25) is 14.9 Å². The molecule has 1 N–H and O–H groups in total. The monoisotopic (exact) mass is 452 g/mol. The molecule has 166 valence electrons. The number of nitrogens with one attached hydrogen (secondary N) is 1. The van der Waals surface area contributed by atoms with Crippen LogP contribution in [0, 0.1) is 13.8 Å². The van der Waals surface area contributed by atoms with Crippen molar-refractivity contribution >= 4 is 35.3 Å². The molecule has 4 rings (SSSR count). The Bertz CT molecular complexity index is 1130. The lowest BCUT2D eigenvalue weighted by molar-refractivity contribution is -0.118. The third-order valence-electron chi connectivity index (χ3n) is 5.46. The molecule has 0 bridgehead atoms. The van der Waals surface area contributed by atoms with Crippen LogP contribution in [0.2, 0.25) is 0 Å². The fourth-order valence-corrected chi connectivity index (χ4v) is 3.92. The summed E-state index contributed by atoms with van der Waals surface area (Å²) in [7, 11) is 0. The SMILES string of the molecule is CSc1ccc(N2C[C@H](c3nnc(NC(=O)COc4cccc(C)c4C)o3)CC2=O)cc1. The van der Waals surface area contributed by atoms with E-state index in [1.165, 1.54) is 0 Å². The Morgan fingerprint density at radius 3 is 2.75 bits per heavy atom. The molecule has 0 aliphatic carbocycles. The van der Waals surface area contributed by atoms with Crippen molar-refractivity contribution in [3.63, 3.8) is 0 Å². The van der Waals surface area contributed by atoms with E-state index >= 15 is 0 Å². The third kappa shape index (κ3) is 4.77. The van der Waals surface area contributed by atoms with E-state index in [1.807, 2.05) is 62.6 Å². The fraction of sp³-hybridized carbons (Fsp3) is 0.304. The van der Waals surface area contributed by atoms with Gasteiger partial charge < -0.3 is 14.1 Å². The van der Waals surface area contributed by atoms with E-state index in [-0.39, 0.29) is 30.9 Å². The average Bonchev–Trinajstić information content (AvgIpc) is 3.41. The van der Waals surface area contributed by atoms with Gasteiger partial charge in [0.15, 0.2) is 6.61 Å². The second-order valence-corrected chi connectivity index (χ2v) is 8.46. The molecule has 9 heteroatoms. The average molecular weight is 453 g/mol. The van der Waals surface area contributed by atoms with Crippen LogP contribution in [0.25, 0.3) is 0 Å². The molecule has 2 heterocycles. The van der Waals surface area contributed by atoms with Crippen LogP contribution in [0.3, 0.4) is 0 Å². The van der Waals surface area contributed by atoms with E-state index in [9.17, 15) is 9.59 Å². The number of rotatable bonds is 7. The highest BCUT2D eigenvalue weighted by atomic mass is 32.2. The van der Waals surface area contributed by atoms with Crippen LogP contribution >= 0.6 is 11.8 Å². The summed E-state index contributed by atoms with van der Waals surface area (Å²) >= 11 is 1.65. The molecule has 1 aliphatic heterocycles. The lowest BCUT2D eigenvalue weighted by Gasteiger charge is -2.16. The molecule has 3 aromatic rings. The number of hydrogen-bond donors (Lipinski definition) is 1. The number of nitrogens with zero attached hydrogens (tertiary/aromatic N) is 3. The smallest absolute Gasteiger partial charge is 0.322 e. The summed E-state index contributed by atoms with van der Waals surface area (Å²) in [6.07, 6.45) is 2.28. The number of hydrogen-bond acceptors (Lipinski definition) is 7. The maximum atomic E-state index is 12.5. The molecule has 1 aromatic heterocycles. The topological polar surface area (TPSA) is 97.6 Å². The molecule has 0 unspecified atom stereocenters. The van der Waals surface area contributed by atoms with Crippen LogP contribution in [0.5, 0.6) is 5.75 Å². The van der Waals surface area contributed by atoms with Crippen molar-refractivity contribution in [1.29, 1.82) is 0 Å². The maximum Gasteiger partial charge on any atom is 0.322 e. The first-order valence-electron chi connectivity index (χ1n) is 10.2. The standard InChI is InChI=1S/C23H24N4O4S/c1-14-5-4-6-19(15(14)2)30-13-20(28)24-23-26-25-22(31-23)16-11-21(29)27(12-16)17-7-9-18(32-3)10-8-17/h4-10,16H,11-13H2,1-3H3,(H,24,26,28)/t16-/m1/s1. The number of ether oxygens (including phenoxy) is 1. The molecule has 0 radical (unpaired) electrons. The van der Waals surface area contributed by atoms with Crippen molar-refractivity contribution in [2.24, 2.45) is 0 Å². The van der Waals surface area contributed by atoms with Crippen LogP contribution in [-0.4, -0.2) is 41.4 Å². The minimum absolute atomic E-state index is 0.00221. The van der Waals surface area contributed by atoms with Gasteiger partial charge in [-0.1, -0.05) is 17.2 Å². The molecular weight excluding hydrogens is 428 g/mol. The lowest BCUT2D eigenvalue weighted by atomic mass is 10.1. The Labute approximate surface area is 190 Å². The summed E-state index contributed by atoms with van der Waals surface area (Å²) in [4.78, 5) is 27.6. The van der Waals surface area contributed by atoms with Gasteiger partial charge in [-0.25, -0.2) is 0 Å². The maximum absolute atomic E-state index is 12.5. The number of aromatic nitrogens is 2. The van der Waals surface area contributed by atoms with Crippen LogP contribution < -0.4 is 15.0 Å². The zero-order valence-electron chi connectivity index (χ0n) is 18.1. The zero-order valence-corrected chi connectivity index (χ0v) is 18.9. The predicted octanol–water partition coefficient (Wildman–Crippen LogP) is 3.95. The second-order valence-electron chi connectivity index (χ2n) is 7.58. The summed E-state index contributed by atoms with van der Waals surface area (Å²) in [5.41, 5.74) is 2.91. The van der Waals surface area contributed by atoms with E-state index < -0.39 is 5.91 Å². The summed E-state index contributed by atoms with van der Waals surface area (Å²) in [5, 5.41) is 10.5. The van der Waals surface area contributed by atoms with Crippen LogP contribution in [0.4, 0.5) is 11.7 Å². The van der Waals surface area contributed by atoms with Crippen molar-refractivity contribution in [1.82, 2.24) is 10.2 Å². The molecule has 1 aliphatic rings. The van der Waals surface area contributed by atoms with E-state index in [0.717, 1.165) is 21.7 Å². The molecule has 1 saturated heterocycles. The van der Waals surface area contributed by atoms with Gasteiger partial charge in [0.05, 0.1) is 5.92 Å². The number of benzene rings is 2. The van der Waals surface area contributed by atoms with Gasteiger partial charge in [-0.15, -0.1) is 16.9 Å². The summed E-state index contributed by atoms with van der Waals surface area (Å²) in [6.45, 7) is 4.19. The first-order chi connectivity index (χ1) is 15.4. The largest absolute Gasteiger partial charge is 0.483 e. The predicted molar refractivity (Wildman–Crippen MR) is 122 cm³/mol. The number of anilines is 2. The van der Waals surface area contributed by atoms with E-state index in [2.05, 4.69) is 15.5 Å². The molecule has 0 spiro atoms. The van der Waals surface area contributed by atoms with Crippen molar-refractivity contribution in [3.8, 4) is 5.75 Å². The molecule has 32 heavy (non-hydrogen) atoms. The summed E-state index contributed by atoms with van der Waals surface area (Å²) in [6, 6.07) is 13.5. The molecule has 0 saturated carbocycles. The van der Waals surface area contributed by atoms with Gasteiger partial charge in [0.1, 0.15) is 5.75 Å². The van der Waals surface area contributed by atoms with Crippen molar-refractivity contribution in [2.45, 2.75) is 31.1 Å². The van der Waals surface area contributed by atoms with Crippen molar-refractivity contribution in [3.05, 3.63) is 59.5 Å². The third-order valence-corrected chi connectivity index (χ3v) is 6.20. The van der Waals surface area contributed by atoms with Crippen LogP contribution in [-0.2, 0) is 9.59 Å². The van der Waals surface area contributed by atoms with Gasteiger partial charge >= 0.3 is 6.01 Å². The van der Waals surface area contributed by atoms with Gasteiger partial charge in [0, 0.05) is 23.5 Å². The quantitative estimate of drug-likeness (QED) is 0.542. The molecule has 1 atom stereocenters. The molecule has 2 amide bonds. The summed E-state index contributed by atoms with van der Waals surface area (Å²) < 4.78 is 11.2. The van der Waals surface area contributed by atoms with Gasteiger partial charge in [-0.05, 0) is 61.6 Å². The zero-order chi connectivity index (χ0) is 22.7. The first-order valence-corrected chi connectivity index (χ1v) is 11.4. The van der Waals surface area contributed by atoms with Crippen LogP contribution in [0.15, 0.2) is 51.8 Å². The lowest BCUT2D eigenvalue weighted by Crippen LogP contribution is -2.24. The van der Waals surface area contributed by atoms with E-state index in [0.29, 0.717) is 18.2 Å². The molecule has 8 nitrogen and oxygen atoms in total. The minimum Gasteiger partial charge on any atom is -0.483 e. The number of aryl methyl sites for hydroxylation is 1. The molecule has 2 aromatic carbocycles. The van der Waals surface area contributed by atoms with E-state index in [4.69, 9.17) is 9.15 Å². The Balaban J connectivity index is 1.34. The molecular formula is C23H24N4O4S. The number of carbonyl (C=O) groups is 2. The number of amides is 2. The number of thioether (sulfide) groups is 1. The van der Waals surface area contributed by atoms with Crippen molar-refractivity contribution < 1.29 is 18.7 Å².